The summed E-state index contributed by atoms with van der Waals surface area (Å²) in [4.78, 5) is 61.6. The van der Waals surface area contributed by atoms with Gasteiger partial charge in [-0.1, -0.05) is 26.0 Å². The van der Waals surface area contributed by atoms with E-state index in [9.17, 15) is 29.1 Å². The van der Waals surface area contributed by atoms with Crippen molar-refractivity contribution in [2.24, 2.45) is 11.7 Å². The Hall–Kier alpha value is -4.03. The number of primary amides is 1. The molecule has 1 aromatic rings. The summed E-state index contributed by atoms with van der Waals surface area (Å²) in [6.45, 7) is 11.8. The predicted octanol–water partition coefficient (Wildman–Crippen LogP) is 1.17. The summed E-state index contributed by atoms with van der Waals surface area (Å²) in [5.41, 5.74) is 5.72. The fraction of sp³-hybridized carbons (Fsp3) is 0.676. The van der Waals surface area contributed by atoms with Crippen molar-refractivity contribution >= 4 is 35.5 Å². The molecule has 1 aromatic carbocycles. The van der Waals surface area contributed by atoms with E-state index in [1.165, 1.54) is 0 Å². The quantitative estimate of drug-likeness (QED) is 0.0669. The first-order valence-electron chi connectivity index (χ1n) is 17.1. The Bertz CT molecular complexity index is 1180. The molecule has 17 nitrogen and oxygen atoms in total. The van der Waals surface area contributed by atoms with Gasteiger partial charge in [0.2, 0.25) is 17.7 Å². The molecule has 0 aromatic heterocycles. The van der Waals surface area contributed by atoms with Crippen molar-refractivity contribution in [1.29, 1.82) is 0 Å². The van der Waals surface area contributed by atoms with Gasteiger partial charge in [-0.25, -0.2) is 9.59 Å². The first-order valence-corrected chi connectivity index (χ1v) is 17.1. The molecule has 51 heavy (non-hydrogen) atoms. The van der Waals surface area contributed by atoms with Crippen LogP contribution in [-0.2, 0) is 44.7 Å². The van der Waals surface area contributed by atoms with Crippen LogP contribution in [0.2, 0.25) is 0 Å². The smallest absolute Gasteiger partial charge is 0.407 e. The predicted molar refractivity (Wildman–Crippen MR) is 189 cm³/mol. The van der Waals surface area contributed by atoms with Gasteiger partial charge in [0.25, 0.3) is 0 Å². The number of urea groups is 1. The molecule has 0 saturated carbocycles. The van der Waals surface area contributed by atoms with Gasteiger partial charge in [-0.05, 0) is 57.2 Å². The molecule has 1 rings (SSSR count). The minimum atomic E-state index is -0.968. The van der Waals surface area contributed by atoms with E-state index in [-0.39, 0.29) is 45.1 Å². The topological polar surface area (TPSA) is 238 Å². The van der Waals surface area contributed by atoms with Crippen molar-refractivity contribution in [1.82, 2.24) is 21.3 Å². The number of amides is 6. The summed E-state index contributed by atoms with van der Waals surface area (Å²) in [5.74, 6) is -1.69. The third kappa shape index (κ3) is 23.1. The van der Waals surface area contributed by atoms with Crippen LogP contribution in [0.25, 0.3) is 0 Å². The number of rotatable bonds is 26. The summed E-state index contributed by atoms with van der Waals surface area (Å²) < 4.78 is 26.9. The lowest BCUT2D eigenvalue weighted by molar-refractivity contribution is -0.132. The second-order valence-corrected chi connectivity index (χ2v) is 12.8. The molecule has 0 aliphatic rings. The van der Waals surface area contributed by atoms with Crippen LogP contribution in [0.5, 0.6) is 0 Å². The maximum absolute atomic E-state index is 13.3. The summed E-state index contributed by atoms with van der Waals surface area (Å²) in [5, 5.41) is 22.5. The first-order chi connectivity index (χ1) is 24.2. The molecule has 6 amide bonds. The van der Waals surface area contributed by atoms with Crippen LogP contribution in [0.4, 0.5) is 15.3 Å². The number of anilines is 1. The van der Waals surface area contributed by atoms with E-state index in [1.807, 2.05) is 0 Å². The van der Waals surface area contributed by atoms with Crippen molar-refractivity contribution in [2.45, 2.75) is 78.2 Å². The lowest BCUT2D eigenvalue weighted by Gasteiger charge is -2.25. The largest absolute Gasteiger partial charge is 0.444 e. The molecule has 0 saturated heterocycles. The van der Waals surface area contributed by atoms with Crippen LogP contribution in [0.3, 0.4) is 0 Å². The summed E-state index contributed by atoms with van der Waals surface area (Å²) >= 11 is 0. The molecular formula is C34H58N6O11. The van der Waals surface area contributed by atoms with Crippen LogP contribution >= 0.6 is 0 Å². The van der Waals surface area contributed by atoms with Crippen LogP contribution in [-0.4, -0.2) is 119 Å². The average Bonchev–Trinajstić information content (AvgIpc) is 3.05. The Morgan fingerprint density at radius 3 is 1.86 bits per heavy atom. The molecule has 17 heteroatoms. The number of benzene rings is 1. The summed E-state index contributed by atoms with van der Waals surface area (Å²) in [6, 6.07) is 4.01. The monoisotopic (exact) mass is 726 g/mol. The first kappa shape index (κ1) is 45.0. The number of ether oxygens (including phenoxy) is 5. The number of hydrogen-bond donors (Lipinski definition) is 7. The Labute approximate surface area is 300 Å². The number of nitrogens with two attached hydrogens (primary N) is 1. The van der Waals surface area contributed by atoms with Crippen LogP contribution in [0, 0.1) is 5.92 Å². The van der Waals surface area contributed by atoms with E-state index in [0.29, 0.717) is 63.9 Å². The van der Waals surface area contributed by atoms with Gasteiger partial charge in [0.15, 0.2) is 0 Å². The van der Waals surface area contributed by atoms with Gasteiger partial charge in [-0.15, -0.1) is 0 Å². The van der Waals surface area contributed by atoms with E-state index in [0.717, 1.165) is 0 Å². The summed E-state index contributed by atoms with van der Waals surface area (Å²) in [7, 11) is 0. The number of carbonyl (C=O) groups is 5. The maximum atomic E-state index is 13.3. The average molecular weight is 727 g/mol. The molecule has 0 radical (unpaired) electrons. The second kappa shape index (κ2) is 25.8. The van der Waals surface area contributed by atoms with Gasteiger partial charge >= 0.3 is 12.1 Å². The molecule has 290 valence electrons. The Morgan fingerprint density at radius 1 is 0.765 bits per heavy atom. The summed E-state index contributed by atoms with van der Waals surface area (Å²) in [6.07, 6.45) is 0.0667. The zero-order valence-corrected chi connectivity index (χ0v) is 30.5. The fourth-order valence-corrected chi connectivity index (χ4v) is 4.22. The minimum Gasteiger partial charge on any atom is -0.444 e. The third-order valence-electron chi connectivity index (χ3n) is 6.78. The molecule has 0 unspecified atom stereocenters. The van der Waals surface area contributed by atoms with E-state index in [2.05, 4.69) is 26.6 Å². The Balaban J connectivity index is 2.33. The second-order valence-electron chi connectivity index (χ2n) is 12.8. The van der Waals surface area contributed by atoms with Crippen molar-refractivity contribution in [3.05, 3.63) is 29.8 Å². The van der Waals surface area contributed by atoms with Gasteiger partial charge < -0.3 is 61.1 Å². The van der Waals surface area contributed by atoms with Gasteiger partial charge in [-0.2, -0.15) is 0 Å². The van der Waals surface area contributed by atoms with E-state index in [1.54, 1.807) is 58.9 Å². The lowest BCUT2D eigenvalue weighted by Crippen LogP contribution is -2.54. The van der Waals surface area contributed by atoms with Gasteiger partial charge in [0.05, 0.1) is 59.5 Å². The van der Waals surface area contributed by atoms with Gasteiger partial charge in [0.1, 0.15) is 17.7 Å². The number of aliphatic hydroxyl groups excluding tert-OH is 1. The van der Waals surface area contributed by atoms with Gasteiger partial charge in [-0.3, -0.25) is 14.4 Å². The van der Waals surface area contributed by atoms with Crippen molar-refractivity contribution in [3.8, 4) is 0 Å². The van der Waals surface area contributed by atoms with E-state index < -0.39 is 47.5 Å². The number of aliphatic hydroxyl groups is 1. The molecule has 0 fully saturated rings. The van der Waals surface area contributed by atoms with E-state index in [4.69, 9.17) is 29.4 Å². The Morgan fingerprint density at radius 2 is 1.33 bits per heavy atom. The molecular weight excluding hydrogens is 668 g/mol. The number of alkyl carbamates (subject to hydrolysis) is 1. The molecule has 0 heterocycles. The zero-order valence-electron chi connectivity index (χ0n) is 30.5. The molecule has 8 N–H and O–H groups in total. The van der Waals surface area contributed by atoms with Crippen LogP contribution in [0.15, 0.2) is 24.3 Å². The third-order valence-corrected chi connectivity index (χ3v) is 6.78. The molecule has 0 bridgehead atoms. The highest BCUT2D eigenvalue weighted by Gasteiger charge is 2.29. The van der Waals surface area contributed by atoms with Gasteiger partial charge in [0, 0.05) is 25.2 Å². The molecule has 2 atom stereocenters. The van der Waals surface area contributed by atoms with Crippen LogP contribution in [0.1, 0.15) is 59.4 Å². The van der Waals surface area contributed by atoms with Crippen molar-refractivity contribution in [2.75, 3.05) is 71.3 Å². The van der Waals surface area contributed by atoms with E-state index >= 15 is 0 Å². The zero-order chi connectivity index (χ0) is 38.1. The maximum Gasteiger partial charge on any atom is 0.407 e. The standard InChI is InChI=1S/C34H58N6O11/c1-24(2)29(31(44)39-27(7-6-13-36-32(35)45)30(43)38-26-10-8-25(23-41)9-11-26)40-28(42)12-15-47-17-19-49-21-22-50-20-18-48-16-14-37-33(46)51-34(3,4)5/h8-11,24,27,29,41H,6-7,12-23H2,1-5H3,(H,37,46)(H,38,43)(H,39,44)(H,40,42)(H3,35,36,45)/t27-,29-/m0/s1. The number of hydrogen-bond acceptors (Lipinski definition) is 11. The van der Waals surface area contributed by atoms with Crippen LogP contribution < -0.4 is 32.3 Å². The Kier molecular flexibility index (Phi) is 22.8. The van der Waals surface area contributed by atoms with Crippen molar-refractivity contribution in [3.63, 3.8) is 0 Å². The number of nitrogens with one attached hydrogen (secondary N) is 5. The highest BCUT2D eigenvalue weighted by Crippen LogP contribution is 2.12. The molecule has 0 spiro atoms. The minimum absolute atomic E-state index is 0.0133. The normalized spacial score (nSPS) is 12.5. The van der Waals surface area contributed by atoms with Crippen molar-refractivity contribution < 1.29 is 52.8 Å². The highest BCUT2D eigenvalue weighted by atomic mass is 16.6. The number of carbonyl (C=O) groups excluding carboxylic acids is 5. The highest BCUT2D eigenvalue weighted by molar-refractivity contribution is 5.98. The lowest BCUT2D eigenvalue weighted by atomic mass is 10.0. The molecule has 0 aliphatic carbocycles. The SMILES string of the molecule is CC(C)[C@H](NC(=O)CCOCCOCCOCCOCCNC(=O)OC(C)(C)C)C(=O)N[C@@H](CCCNC(N)=O)C(=O)Nc1ccc(CO)cc1. The fourth-order valence-electron chi connectivity index (χ4n) is 4.22. The molecule has 0 aliphatic heterocycles.